The Morgan fingerprint density at radius 3 is 1.60 bits per heavy atom. The smallest absolute Gasteiger partial charge is 0.160 e. The van der Waals surface area contributed by atoms with Gasteiger partial charge in [0.15, 0.2) is 5.82 Å². The van der Waals surface area contributed by atoms with Crippen molar-refractivity contribution < 1.29 is 0 Å². The van der Waals surface area contributed by atoms with Crippen molar-refractivity contribution in [2.24, 2.45) is 0 Å². The van der Waals surface area contributed by atoms with Crippen LogP contribution in [-0.4, -0.2) is 24.1 Å². The van der Waals surface area contributed by atoms with Crippen molar-refractivity contribution in [1.82, 2.24) is 24.1 Å². The number of fused-ring (bicyclic) bond motifs is 10. The maximum absolute atomic E-state index is 5.42. The van der Waals surface area contributed by atoms with Gasteiger partial charge in [-0.15, -0.1) is 0 Å². The zero-order valence-electron chi connectivity index (χ0n) is 36.8. The fourth-order valence-corrected chi connectivity index (χ4v) is 10.6. The van der Waals surface area contributed by atoms with E-state index in [2.05, 4.69) is 228 Å². The summed E-state index contributed by atoms with van der Waals surface area (Å²) in [5.41, 5.74) is 14.6. The Labute approximate surface area is 391 Å². The van der Waals surface area contributed by atoms with Crippen molar-refractivity contribution >= 4 is 76.1 Å². The van der Waals surface area contributed by atoms with Crippen molar-refractivity contribution in [3.63, 3.8) is 0 Å². The van der Waals surface area contributed by atoms with E-state index in [1.165, 1.54) is 38.0 Å². The van der Waals surface area contributed by atoms with Gasteiger partial charge in [0.05, 0.1) is 44.7 Å². The lowest BCUT2D eigenvalue weighted by Gasteiger charge is -2.14. The average molecular weight is 866 g/mol. The van der Waals surface area contributed by atoms with Crippen LogP contribution in [0.2, 0.25) is 0 Å². The van der Waals surface area contributed by atoms with E-state index in [4.69, 9.17) is 15.0 Å². The first-order chi connectivity index (χ1) is 33.7. The zero-order chi connectivity index (χ0) is 44.7. The molecule has 0 saturated carbocycles. The van der Waals surface area contributed by atoms with E-state index < -0.39 is 0 Å². The largest absolute Gasteiger partial charge is 0.309 e. The Morgan fingerprint density at radius 1 is 0.279 bits per heavy atom. The number of nitrogens with zero attached hydrogens (tertiary/aromatic N) is 5. The van der Waals surface area contributed by atoms with Gasteiger partial charge in [-0.05, 0) is 82.9 Å². The van der Waals surface area contributed by atoms with Gasteiger partial charge in [0, 0.05) is 65.9 Å². The molecule has 0 radical (unpaired) electrons. The predicted octanol–water partition coefficient (Wildman–Crippen LogP) is 16.2. The first-order valence-corrected chi connectivity index (χ1v) is 23.1. The highest BCUT2D eigenvalue weighted by atomic mass is 15.0. The molecule has 0 amide bonds. The third kappa shape index (κ3) is 5.99. The third-order valence-corrected chi connectivity index (χ3v) is 13.7. The Hall–Kier alpha value is -9.19. The number of pyridine rings is 1. The summed E-state index contributed by atoms with van der Waals surface area (Å²) in [6.07, 6.45) is 0. The molecule has 0 atom stereocenters. The van der Waals surface area contributed by atoms with Crippen LogP contribution in [0.1, 0.15) is 0 Å². The Balaban J connectivity index is 0.975. The number of aromatic nitrogens is 5. The molecule has 68 heavy (non-hydrogen) atoms. The zero-order valence-corrected chi connectivity index (χ0v) is 36.8. The summed E-state index contributed by atoms with van der Waals surface area (Å²) in [5.74, 6) is 0.680. The van der Waals surface area contributed by atoms with Crippen LogP contribution in [0.5, 0.6) is 0 Å². The molecule has 0 bridgehead atoms. The van der Waals surface area contributed by atoms with Crippen molar-refractivity contribution in [3.05, 3.63) is 237 Å². The highest BCUT2D eigenvalue weighted by molar-refractivity contribution is 6.21. The molecule has 0 aliphatic heterocycles. The molecule has 4 aromatic heterocycles. The van der Waals surface area contributed by atoms with Gasteiger partial charge in [-0.3, -0.25) is 0 Å². The second kappa shape index (κ2) is 15.2. The SMILES string of the molecule is c1ccc(-c2nc(-c3ccc(-n4c5ccccc5c5ccccc54)cc3)cc(-c3ccc4c5cc6c(-c7cccc8ccccc78)nc7ccccc7c6cc5n(-c5ccccc5)c4c3)n2)cc1. The standard InChI is InChI=1S/C63H39N5/c1-3-17-42(18-4-1)63-65-56(41-30-33-45(34-31-41)67-58-28-13-10-24-48(58)49-25-11-14-29-59(49)67)39-57(66-63)43-32-35-50-53-37-54-52(38-61(53)68(60(50)36-43)44-20-5-2-6-21-44)47-23-9-12-27-55(47)64-62(54)51-26-15-19-40-16-7-8-22-46(40)51/h1-39H. The van der Waals surface area contributed by atoms with Crippen LogP contribution in [0.4, 0.5) is 0 Å². The fraction of sp³-hybridized carbons (Fsp3) is 0. The molecule has 5 heteroatoms. The van der Waals surface area contributed by atoms with Gasteiger partial charge >= 0.3 is 0 Å². The highest BCUT2D eigenvalue weighted by Crippen LogP contribution is 2.43. The molecule has 0 aliphatic carbocycles. The lowest BCUT2D eigenvalue weighted by Crippen LogP contribution is -1.97. The molecule has 0 spiro atoms. The molecule has 14 rings (SSSR count). The molecule has 5 nitrogen and oxygen atoms in total. The van der Waals surface area contributed by atoms with Gasteiger partial charge in [-0.1, -0.05) is 170 Å². The maximum Gasteiger partial charge on any atom is 0.160 e. The Bertz CT molecular complexity index is 4240. The second-order valence-electron chi connectivity index (χ2n) is 17.6. The lowest BCUT2D eigenvalue weighted by atomic mass is 9.95. The Morgan fingerprint density at radius 2 is 0.838 bits per heavy atom. The highest BCUT2D eigenvalue weighted by Gasteiger charge is 2.21. The summed E-state index contributed by atoms with van der Waals surface area (Å²) in [7, 11) is 0. The molecule has 0 fully saturated rings. The fourth-order valence-electron chi connectivity index (χ4n) is 10.6. The molecular weight excluding hydrogens is 827 g/mol. The van der Waals surface area contributed by atoms with Crippen LogP contribution in [0.25, 0.3) is 133 Å². The summed E-state index contributed by atoms with van der Waals surface area (Å²) in [6, 6.07) is 84.4. The molecule has 14 aromatic rings. The van der Waals surface area contributed by atoms with Gasteiger partial charge < -0.3 is 9.13 Å². The summed E-state index contributed by atoms with van der Waals surface area (Å²) >= 11 is 0. The van der Waals surface area contributed by atoms with Crippen molar-refractivity contribution in [3.8, 4) is 56.5 Å². The van der Waals surface area contributed by atoms with Crippen LogP contribution >= 0.6 is 0 Å². The van der Waals surface area contributed by atoms with Gasteiger partial charge in [-0.2, -0.15) is 0 Å². The topological polar surface area (TPSA) is 48.5 Å². The van der Waals surface area contributed by atoms with E-state index in [9.17, 15) is 0 Å². The van der Waals surface area contributed by atoms with E-state index in [1.807, 2.05) is 18.2 Å². The van der Waals surface area contributed by atoms with Gasteiger partial charge in [0.25, 0.3) is 0 Å². The molecule has 0 N–H and O–H groups in total. The summed E-state index contributed by atoms with van der Waals surface area (Å²) in [6.45, 7) is 0. The van der Waals surface area contributed by atoms with Crippen LogP contribution < -0.4 is 0 Å². The van der Waals surface area contributed by atoms with E-state index in [0.29, 0.717) is 5.82 Å². The molecule has 0 unspecified atom stereocenters. The number of rotatable bonds is 6. The monoisotopic (exact) mass is 865 g/mol. The number of hydrogen-bond donors (Lipinski definition) is 0. The van der Waals surface area contributed by atoms with Crippen molar-refractivity contribution in [1.29, 1.82) is 0 Å². The Kier molecular flexibility index (Phi) is 8.52. The first kappa shape index (κ1) is 38.1. The first-order valence-electron chi connectivity index (χ1n) is 23.1. The third-order valence-electron chi connectivity index (χ3n) is 13.7. The molecule has 10 aromatic carbocycles. The lowest BCUT2D eigenvalue weighted by molar-refractivity contribution is 1.17. The average Bonchev–Trinajstić information content (AvgIpc) is 3.92. The molecule has 0 aliphatic rings. The van der Waals surface area contributed by atoms with Crippen molar-refractivity contribution in [2.45, 2.75) is 0 Å². The van der Waals surface area contributed by atoms with E-state index >= 15 is 0 Å². The van der Waals surface area contributed by atoms with Crippen molar-refractivity contribution in [2.75, 3.05) is 0 Å². The maximum atomic E-state index is 5.42. The molecule has 316 valence electrons. The molecule has 0 saturated heterocycles. The summed E-state index contributed by atoms with van der Waals surface area (Å²) in [4.78, 5) is 16.0. The van der Waals surface area contributed by atoms with Gasteiger partial charge in [0.2, 0.25) is 0 Å². The van der Waals surface area contributed by atoms with Crippen LogP contribution in [-0.2, 0) is 0 Å². The van der Waals surface area contributed by atoms with Gasteiger partial charge in [-0.25, -0.2) is 15.0 Å². The molecular formula is C63H39N5. The number of hydrogen-bond acceptors (Lipinski definition) is 3. The summed E-state index contributed by atoms with van der Waals surface area (Å²) in [5, 5.41) is 10.6. The van der Waals surface area contributed by atoms with Gasteiger partial charge in [0.1, 0.15) is 0 Å². The normalized spacial score (nSPS) is 11.8. The predicted molar refractivity (Wildman–Crippen MR) is 283 cm³/mol. The minimum absolute atomic E-state index is 0.680. The number of para-hydroxylation sites is 4. The second-order valence-corrected chi connectivity index (χ2v) is 17.6. The van der Waals surface area contributed by atoms with Crippen LogP contribution in [0.15, 0.2) is 237 Å². The van der Waals surface area contributed by atoms with Crippen LogP contribution in [0, 0.1) is 0 Å². The minimum Gasteiger partial charge on any atom is -0.309 e. The summed E-state index contributed by atoms with van der Waals surface area (Å²) < 4.78 is 4.76. The van der Waals surface area contributed by atoms with Crippen LogP contribution in [0.3, 0.4) is 0 Å². The number of benzene rings is 10. The molecule has 4 heterocycles. The quantitative estimate of drug-likeness (QED) is 0.156. The minimum atomic E-state index is 0.680. The van der Waals surface area contributed by atoms with E-state index in [0.717, 1.165) is 88.8 Å². The van der Waals surface area contributed by atoms with E-state index in [1.54, 1.807) is 0 Å². The van der Waals surface area contributed by atoms with E-state index in [-0.39, 0.29) is 0 Å².